The first kappa shape index (κ1) is 16.9. The molecular weight excluding hydrogens is 266 g/mol. The van der Waals surface area contributed by atoms with Crippen LogP contribution in [0.2, 0.25) is 0 Å². The largest absolute Gasteiger partial charge is 0.348 e. The first-order chi connectivity index (χ1) is 10.0. The van der Waals surface area contributed by atoms with E-state index in [2.05, 4.69) is 29.7 Å². The van der Waals surface area contributed by atoms with Crippen LogP contribution in [-0.2, 0) is 9.59 Å². The lowest BCUT2D eigenvalue weighted by molar-refractivity contribution is -0.139. The van der Waals surface area contributed by atoms with Gasteiger partial charge in [0.05, 0.1) is 6.21 Å². The van der Waals surface area contributed by atoms with Gasteiger partial charge in [0.1, 0.15) is 0 Å². The molecule has 0 unspecified atom stereocenters. The van der Waals surface area contributed by atoms with E-state index in [9.17, 15) is 9.59 Å². The van der Waals surface area contributed by atoms with Gasteiger partial charge in [-0.2, -0.15) is 5.10 Å². The van der Waals surface area contributed by atoms with E-state index in [0.29, 0.717) is 12.5 Å². The van der Waals surface area contributed by atoms with Crippen molar-refractivity contribution in [2.45, 2.75) is 39.5 Å². The van der Waals surface area contributed by atoms with Gasteiger partial charge in [-0.1, -0.05) is 51.5 Å². The van der Waals surface area contributed by atoms with E-state index < -0.39 is 11.8 Å². The summed E-state index contributed by atoms with van der Waals surface area (Å²) in [5, 5.41) is 6.31. The molecule has 0 atom stereocenters. The molecule has 1 aromatic carbocycles. The van der Waals surface area contributed by atoms with Crippen molar-refractivity contribution in [2.75, 3.05) is 6.54 Å². The van der Waals surface area contributed by atoms with E-state index in [0.717, 1.165) is 18.4 Å². The molecule has 0 spiro atoms. The Hall–Kier alpha value is -2.17. The number of carbonyl (C=O) groups excluding carboxylic acids is 2. The summed E-state index contributed by atoms with van der Waals surface area (Å²) in [4.78, 5) is 22.8. The summed E-state index contributed by atoms with van der Waals surface area (Å²) in [5.41, 5.74) is 4.32. The Labute approximate surface area is 125 Å². The summed E-state index contributed by atoms with van der Waals surface area (Å²) in [6, 6.07) is 7.88. The van der Waals surface area contributed by atoms with E-state index >= 15 is 0 Å². The van der Waals surface area contributed by atoms with Crippen molar-refractivity contribution in [3.63, 3.8) is 0 Å². The van der Waals surface area contributed by atoms with Gasteiger partial charge in [0.15, 0.2) is 0 Å². The number of amides is 2. The van der Waals surface area contributed by atoms with Crippen LogP contribution in [0.15, 0.2) is 29.4 Å². The fraction of sp³-hybridized carbons (Fsp3) is 0.438. The first-order valence-electron chi connectivity index (χ1n) is 7.25. The van der Waals surface area contributed by atoms with E-state index in [1.165, 1.54) is 11.8 Å². The lowest BCUT2D eigenvalue weighted by Crippen LogP contribution is -2.38. The second-order valence-corrected chi connectivity index (χ2v) is 5.13. The van der Waals surface area contributed by atoms with Gasteiger partial charge in [0.2, 0.25) is 0 Å². The molecule has 0 aromatic heterocycles. The van der Waals surface area contributed by atoms with Gasteiger partial charge in [-0.15, -0.1) is 0 Å². The van der Waals surface area contributed by atoms with Crippen molar-refractivity contribution in [1.29, 1.82) is 0 Å². The molecule has 5 heteroatoms. The van der Waals surface area contributed by atoms with Crippen LogP contribution in [0.5, 0.6) is 0 Å². The Morgan fingerprint density at radius 2 is 1.86 bits per heavy atom. The average Bonchev–Trinajstić information content (AvgIpc) is 2.47. The number of rotatable bonds is 6. The van der Waals surface area contributed by atoms with E-state index in [1.807, 2.05) is 31.2 Å². The second-order valence-electron chi connectivity index (χ2n) is 5.13. The summed E-state index contributed by atoms with van der Waals surface area (Å²) < 4.78 is 0. The quantitative estimate of drug-likeness (QED) is 0.365. The third-order valence-electron chi connectivity index (χ3n) is 3.00. The van der Waals surface area contributed by atoms with Gasteiger partial charge in [-0.05, 0) is 23.5 Å². The minimum Gasteiger partial charge on any atom is -0.348 e. The fourth-order valence-corrected chi connectivity index (χ4v) is 1.64. The normalized spacial score (nSPS) is 10.9. The maximum atomic E-state index is 11.4. The molecular formula is C16H23N3O2. The van der Waals surface area contributed by atoms with Gasteiger partial charge >= 0.3 is 11.8 Å². The number of hydrogen-bond donors (Lipinski definition) is 2. The summed E-state index contributed by atoms with van der Waals surface area (Å²) >= 11 is 0. The highest BCUT2D eigenvalue weighted by Gasteiger charge is 2.10. The third kappa shape index (κ3) is 6.21. The van der Waals surface area contributed by atoms with E-state index in [4.69, 9.17) is 0 Å². The molecule has 114 valence electrons. The average molecular weight is 289 g/mol. The molecule has 0 radical (unpaired) electrons. The molecule has 0 saturated heterocycles. The molecule has 0 fully saturated rings. The predicted octanol–water partition coefficient (Wildman–Crippen LogP) is 2.18. The van der Waals surface area contributed by atoms with Crippen molar-refractivity contribution in [1.82, 2.24) is 10.7 Å². The minimum absolute atomic E-state index is 0.475. The third-order valence-corrected chi connectivity index (χ3v) is 3.00. The van der Waals surface area contributed by atoms with Crippen molar-refractivity contribution in [3.05, 3.63) is 35.4 Å². The molecule has 0 heterocycles. The molecule has 0 aliphatic carbocycles. The monoisotopic (exact) mass is 289 g/mol. The first-order valence-corrected chi connectivity index (χ1v) is 7.25. The van der Waals surface area contributed by atoms with Crippen molar-refractivity contribution in [2.24, 2.45) is 5.10 Å². The number of hydrogen-bond acceptors (Lipinski definition) is 3. The van der Waals surface area contributed by atoms with Crippen LogP contribution in [0.1, 0.15) is 50.7 Å². The summed E-state index contributed by atoms with van der Waals surface area (Å²) in [6.45, 7) is 6.77. The molecule has 0 bridgehead atoms. The number of benzene rings is 1. The Morgan fingerprint density at radius 1 is 1.19 bits per heavy atom. The van der Waals surface area contributed by atoms with Crippen LogP contribution in [0.3, 0.4) is 0 Å². The van der Waals surface area contributed by atoms with Crippen molar-refractivity contribution < 1.29 is 9.59 Å². The Balaban J connectivity index is 2.43. The number of unbranched alkanes of at least 4 members (excludes halogenated alkanes) is 1. The Bertz CT molecular complexity index is 493. The smallest absolute Gasteiger partial charge is 0.329 e. The van der Waals surface area contributed by atoms with E-state index in [1.54, 1.807) is 0 Å². The van der Waals surface area contributed by atoms with Gasteiger partial charge in [0, 0.05) is 6.54 Å². The SMILES string of the molecule is CCCCNC(=O)C(=O)N/N=C/c1ccc(C(C)C)cc1. The summed E-state index contributed by atoms with van der Waals surface area (Å²) in [6.07, 6.45) is 3.33. The lowest BCUT2D eigenvalue weighted by atomic mass is 10.0. The maximum absolute atomic E-state index is 11.4. The lowest BCUT2D eigenvalue weighted by Gasteiger charge is -2.04. The van der Waals surface area contributed by atoms with E-state index in [-0.39, 0.29) is 0 Å². The topological polar surface area (TPSA) is 70.6 Å². The van der Waals surface area contributed by atoms with Crippen molar-refractivity contribution >= 4 is 18.0 Å². The predicted molar refractivity (Wildman–Crippen MR) is 84.2 cm³/mol. The van der Waals surface area contributed by atoms with Gasteiger partial charge < -0.3 is 5.32 Å². The Kier molecular flexibility index (Phi) is 7.15. The number of hydrazone groups is 1. The fourth-order valence-electron chi connectivity index (χ4n) is 1.64. The zero-order valence-electron chi connectivity index (χ0n) is 12.8. The molecule has 1 rings (SSSR count). The molecule has 5 nitrogen and oxygen atoms in total. The molecule has 0 saturated carbocycles. The Morgan fingerprint density at radius 3 is 2.43 bits per heavy atom. The van der Waals surface area contributed by atoms with Crippen molar-refractivity contribution in [3.8, 4) is 0 Å². The zero-order valence-corrected chi connectivity index (χ0v) is 12.8. The number of nitrogens with zero attached hydrogens (tertiary/aromatic N) is 1. The van der Waals surface area contributed by atoms with Crippen LogP contribution in [0.25, 0.3) is 0 Å². The maximum Gasteiger partial charge on any atom is 0.329 e. The standard InChI is InChI=1S/C16H23N3O2/c1-4-5-10-17-15(20)16(21)19-18-11-13-6-8-14(9-7-13)12(2)3/h6-9,11-12H,4-5,10H2,1-3H3,(H,17,20)(H,19,21)/b18-11+. The van der Waals surface area contributed by atoms with Crippen LogP contribution in [-0.4, -0.2) is 24.6 Å². The van der Waals surface area contributed by atoms with Crippen LogP contribution in [0, 0.1) is 0 Å². The highest BCUT2D eigenvalue weighted by atomic mass is 16.2. The minimum atomic E-state index is -0.749. The molecule has 1 aromatic rings. The van der Waals surface area contributed by atoms with Gasteiger partial charge in [-0.25, -0.2) is 5.43 Å². The summed E-state index contributed by atoms with van der Waals surface area (Å²) in [5.74, 6) is -0.931. The van der Waals surface area contributed by atoms with Gasteiger partial charge in [-0.3, -0.25) is 9.59 Å². The highest BCUT2D eigenvalue weighted by molar-refractivity contribution is 6.35. The zero-order chi connectivity index (χ0) is 15.7. The molecule has 21 heavy (non-hydrogen) atoms. The summed E-state index contributed by atoms with van der Waals surface area (Å²) in [7, 11) is 0. The molecule has 0 aliphatic rings. The van der Waals surface area contributed by atoms with Gasteiger partial charge in [0.25, 0.3) is 0 Å². The molecule has 2 amide bonds. The molecule has 0 aliphatic heterocycles. The number of carbonyl (C=O) groups is 2. The highest BCUT2D eigenvalue weighted by Crippen LogP contribution is 2.13. The van der Waals surface area contributed by atoms with Crippen LogP contribution in [0.4, 0.5) is 0 Å². The second kappa shape index (κ2) is 8.89. The van der Waals surface area contributed by atoms with Crippen LogP contribution < -0.4 is 10.7 Å². The van der Waals surface area contributed by atoms with Crippen LogP contribution >= 0.6 is 0 Å². The molecule has 2 N–H and O–H groups in total. The number of nitrogens with one attached hydrogen (secondary N) is 2.